The summed E-state index contributed by atoms with van der Waals surface area (Å²) in [5.74, 6) is -1.26. The van der Waals surface area contributed by atoms with Gasteiger partial charge in [0.15, 0.2) is 0 Å². The van der Waals surface area contributed by atoms with Crippen molar-refractivity contribution in [2.75, 3.05) is 0 Å². The number of carbonyl (C=O) groups excluding carboxylic acids is 1. The first-order chi connectivity index (χ1) is 11.7. The third kappa shape index (κ3) is 3.38. The van der Waals surface area contributed by atoms with Crippen molar-refractivity contribution in [2.45, 2.75) is 25.6 Å². The van der Waals surface area contributed by atoms with Gasteiger partial charge in [0.25, 0.3) is 5.56 Å². The fraction of sp³-hybridized carbons (Fsp3) is 0.294. The Kier molecular flexibility index (Phi) is 4.06. The Bertz CT molecular complexity index is 884. The van der Waals surface area contributed by atoms with Crippen molar-refractivity contribution in [3.63, 3.8) is 0 Å². The van der Waals surface area contributed by atoms with Crippen molar-refractivity contribution < 1.29 is 27.4 Å². The highest BCUT2D eigenvalue weighted by molar-refractivity contribution is 5.77. The number of aromatic nitrogens is 1. The second kappa shape index (κ2) is 5.94. The Balaban J connectivity index is 2.03. The molecule has 0 spiro atoms. The van der Waals surface area contributed by atoms with Crippen LogP contribution in [0.4, 0.5) is 13.2 Å². The molecule has 2 heterocycles. The third-order valence-corrected chi connectivity index (χ3v) is 4.13. The van der Waals surface area contributed by atoms with Crippen molar-refractivity contribution in [3.8, 4) is 11.5 Å². The molecule has 0 saturated carbocycles. The van der Waals surface area contributed by atoms with E-state index in [0.29, 0.717) is 16.8 Å². The van der Waals surface area contributed by atoms with Crippen LogP contribution in [-0.4, -0.2) is 16.9 Å². The van der Waals surface area contributed by atoms with Crippen LogP contribution in [-0.2, 0) is 11.8 Å². The van der Waals surface area contributed by atoms with Crippen LogP contribution in [0, 0.1) is 6.92 Å². The van der Waals surface area contributed by atoms with Crippen molar-refractivity contribution in [1.82, 2.24) is 4.57 Å². The summed E-state index contributed by atoms with van der Waals surface area (Å²) >= 11 is 0. The van der Waals surface area contributed by atoms with Crippen LogP contribution < -0.4 is 15.0 Å². The number of fused-ring (bicyclic) bond motifs is 1. The number of benzene rings is 1. The van der Waals surface area contributed by atoms with E-state index in [1.54, 1.807) is 20.0 Å². The molecule has 5 nitrogen and oxygen atoms in total. The molecule has 3 rings (SSSR count). The van der Waals surface area contributed by atoms with Gasteiger partial charge in [-0.25, -0.2) is 0 Å². The molecule has 1 aromatic carbocycles. The highest BCUT2D eigenvalue weighted by Gasteiger charge is 2.33. The maximum atomic E-state index is 12.6. The van der Waals surface area contributed by atoms with E-state index in [0.717, 1.165) is 12.1 Å². The molecule has 1 atom stereocenters. The molecular weight excluding hydrogens is 339 g/mol. The molecule has 1 aliphatic heterocycles. The Morgan fingerprint density at radius 2 is 1.84 bits per heavy atom. The number of ether oxygens (including phenoxy) is 2. The van der Waals surface area contributed by atoms with E-state index in [9.17, 15) is 22.8 Å². The second-order valence-electron chi connectivity index (χ2n) is 5.78. The molecule has 0 fully saturated rings. The molecule has 0 bridgehead atoms. The molecule has 8 heteroatoms. The Labute approximate surface area is 140 Å². The molecule has 2 aromatic rings. The molecule has 1 aliphatic rings. The molecular formula is C17H14F3NO4. The van der Waals surface area contributed by atoms with Gasteiger partial charge in [0, 0.05) is 24.7 Å². The van der Waals surface area contributed by atoms with Crippen LogP contribution in [0.5, 0.6) is 11.5 Å². The quantitative estimate of drug-likeness (QED) is 0.779. The number of esters is 1. The summed E-state index contributed by atoms with van der Waals surface area (Å²) in [5, 5.41) is 0. The first-order valence-corrected chi connectivity index (χ1v) is 7.42. The largest absolute Gasteiger partial charge is 0.573 e. The second-order valence-corrected chi connectivity index (χ2v) is 5.78. The normalized spacial score (nSPS) is 17.0. The van der Waals surface area contributed by atoms with Gasteiger partial charge >= 0.3 is 12.3 Å². The molecule has 0 saturated heterocycles. The Morgan fingerprint density at radius 3 is 2.44 bits per heavy atom. The fourth-order valence-electron chi connectivity index (χ4n) is 2.84. The first-order valence-electron chi connectivity index (χ1n) is 7.42. The lowest BCUT2D eigenvalue weighted by Crippen LogP contribution is -2.31. The number of aryl methyl sites for hydroxylation is 1. The average Bonchev–Trinajstić information content (AvgIpc) is 2.51. The van der Waals surface area contributed by atoms with Gasteiger partial charge < -0.3 is 14.0 Å². The predicted octanol–water partition coefficient (Wildman–Crippen LogP) is 3.03. The van der Waals surface area contributed by atoms with Gasteiger partial charge in [0.1, 0.15) is 11.5 Å². The van der Waals surface area contributed by atoms with E-state index in [4.69, 9.17) is 4.74 Å². The summed E-state index contributed by atoms with van der Waals surface area (Å²) in [6.07, 6.45) is -4.85. The number of rotatable bonds is 2. The van der Waals surface area contributed by atoms with Crippen LogP contribution >= 0.6 is 0 Å². The number of pyridine rings is 1. The Morgan fingerprint density at radius 1 is 1.20 bits per heavy atom. The smallest absolute Gasteiger partial charge is 0.426 e. The third-order valence-electron chi connectivity index (χ3n) is 4.13. The fourth-order valence-corrected chi connectivity index (χ4v) is 2.84. The van der Waals surface area contributed by atoms with Gasteiger partial charge in [-0.1, -0.05) is 12.1 Å². The maximum absolute atomic E-state index is 12.6. The monoisotopic (exact) mass is 353 g/mol. The molecule has 25 heavy (non-hydrogen) atoms. The maximum Gasteiger partial charge on any atom is 0.573 e. The van der Waals surface area contributed by atoms with Crippen LogP contribution in [0.15, 0.2) is 35.1 Å². The predicted molar refractivity (Wildman–Crippen MR) is 81.6 cm³/mol. The molecule has 132 valence electrons. The molecule has 0 amide bonds. The number of halogens is 3. The first kappa shape index (κ1) is 17.1. The minimum Gasteiger partial charge on any atom is -0.426 e. The van der Waals surface area contributed by atoms with Crippen molar-refractivity contribution in [2.24, 2.45) is 7.05 Å². The van der Waals surface area contributed by atoms with Crippen LogP contribution in [0.2, 0.25) is 0 Å². The number of nitrogens with zero attached hydrogens (tertiary/aromatic N) is 1. The topological polar surface area (TPSA) is 57.5 Å². The molecule has 0 aliphatic carbocycles. The van der Waals surface area contributed by atoms with E-state index in [1.807, 2.05) is 0 Å². The van der Waals surface area contributed by atoms with Crippen molar-refractivity contribution >= 4 is 5.97 Å². The van der Waals surface area contributed by atoms with Gasteiger partial charge in [0.2, 0.25) is 0 Å². The van der Waals surface area contributed by atoms with Gasteiger partial charge in [-0.05, 0) is 24.6 Å². The van der Waals surface area contributed by atoms with E-state index in [1.165, 1.54) is 16.7 Å². The number of carbonyl (C=O) groups is 1. The van der Waals surface area contributed by atoms with E-state index >= 15 is 0 Å². The summed E-state index contributed by atoms with van der Waals surface area (Å²) in [6, 6.07) is 6.73. The zero-order valence-electron chi connectivity index (χ0n) is 13.4. The van der Waals surface area contributed by atoms with E-state index in [-0.39, 0.29) is 23.5 Å². The molecule has 0 unspecified atom stereocenters. The average molecular weight is 353 g/mol. The van der Waals surface area contributed by atoms with Crippen molar-refractivity contribution in [3.05, 3.63) is 57.5 Å². The zero-order chi connectivity index (χ0) is 18.4. The highest BCUT2D eigenvalue weighted by atomic mass is 19.4. The molecule has 1 aromatic heterocycles. The van der Waals surface area contributed by atoms with Crippen LogP contribution in [0.25, 0.3) is 0 Å². The van der Waals surface area contributed by atoms with E-state index < -0.39 is 18.2 Å². The van der Waals surface area contributed by atoms with Gasteiger partial charge in [-0.3, -0.25) is 9.59 Å². The minimum atomic E-state index is -4.78. The van der Waals surface area contributed by atoms with Crippen LogP contribution in [0.1, 0.15) is 29.2 Å². The minimum absolute atomic E-state index is 0.0647. The highest BCUT2D eigenvalue weighted by Crippen LogP contribution is 2.37. The van der Waals surface area contributed by atoms with Crippen LogP contribution in [0.3, 0.4) is 0 Å². The summed E-state index contributed by atoms with van der Waals surface area (Å²) < 4.78 is 47.2. The van der Waals surface area contributed by atoms with E-state index in [2.05, 4.69) is 4.74 Å². The van der Waals surface area contributed by atoms with Gasteiger partial charge in [-0.2, -0.15) is 0 Å². The summed E-state index contributed by atoms with van der Waals surface area (Å²) in [4.78, 5) is 24.4. The molecule has 0 N–H and O–H groups in total. The lowest BCUT2D eigenvalue weighted by Gasteiger charge is -2.25. The number of alkyl halides is 3. The lowest BCUT2D eigenvalue weighted by atomic mass is 9.87. The summed E-state index contributed by atoms with van der Waals surface area (Å²) in [5.41, 5.74) is 1.18. The number of hydrogen-bond acceptors (Lipinski definition) is 4. The SMILES string of the molecule is Cc1cc2c(c(=O)n1C)[C@@H](c1ccc(OC(F)(F)F)cc1)CC(=O)O2. The van der Waals surface area contributed by atoms with Crippen molar-refractivity contribution in [1.29, 1.82) is 0 Å². The van der Waals surface area contributed by atoms with Gasteiger partial charge in [0.05, 0.1) is 12.0 Å². The summed E-state index contributed by atoms with van der Waals surface area (Å²) in [7, 11) is 1.60. The lowest BCUT2D eigenvalue weighted by molar-refractivity contribution is -0.274. The number of hydrogen-bond donors (Lipinski definition) is 0. The molecule has 0 radical (unpaired) electrons. The Hall–Kier alpha value is -2.77. The standard InChI is InChI=1S/C17H14F3NO4/c1-9-7-13-15(16(23)21(9)2)12(8-14(22)24-13)10-3-5-11(6-4-10)25-17(18,19)20/h3-7,12H,8H2,1-2H3/t12-/m1/s1. The van der Waals surface area contributed by atoms with Gasteiger partial charge in [-0.15, -0.1) is 13.2 Å². The summed E-state index contributed by atoms with van der Waals surface area (Å²) in [6.45, 7) is 1.71. The zero-order valence-corrected chi connectivity index (χ0v) is 13.4.